The van der Waals surface area contributed by atoms with Gasteiger partial charge in [-0.3, -0.25) is 0 Å². The molecule has 0 aliphatic heterocycles. The predicted molar refractivity (Wildman–Crippen MR) is 72.6 cm³/mol. The van der Waals surface area contributed by atoms with Gasteiger partial charge in [0.1, 0.15) is 6.61 Å². The minimum atomic E-state index is -0.481. The fourth-order valence-corrected chi connectivity index (χ4v) is 1.53. The third-order valence-electron chi connectivity index (χ3n) is 2.60. The van der Waals surface area contributed by atoms with Crippen LogP contribution in [0.2, 0.25) is 0 Å². The first kappa shape index (κ1) is 16.3. The molecule has 0 aromatic carbocycles. The molecule has 0 saturated carbocycles. The molecule has 0 unspecified atom stereocenters. The Bertz CT molecular complexity index is 431. The van der Waals surface area contributed by atoms with Crippen molar-refractivity contribution in [3.63, 3.8) is 0 Å². The number of esters is 1. The van der Waals surface area contributed by atoms with E-state index in [4.69, 9.17) is 14.2 Å². The Morgan fingerprint density at radius 3 is 2.90 bits per heavy atom. The smallest absolute Gasteiger partial charge is 0.361 e. The number of aromatic nitrogens is 3. The molecule has 0 aliphatic carbocycles. The molecule has 20 heavy (non-hydrogen) atoms. The van der Waals surface area contributed by atoms with E-state index in [1.54, 1.807) is 18.7 Å². The first-order valence-electron chi connectivity index (χ1n) is 6.45. The van der Waals surface area contributed by atoms with Gasteiger partial charge in [0, 0.05) is 20.3 Å². The lowest BCUT2D eigenvalue weighted by atomic mass is 10.3. The van der Waals surface area contributed by atoms with Gasteiger partial charge in [0.2, 0.25) is 0 Å². The molecular weight excluding hydrogens is 262 g/mol. The minimum Gasteiger partial charge on any atom is -0.457 e. The maximum atomic E-state index is 11.7. The third-order valence-corrected chi connectivity index (χ3v) is 2.60. The highest BCUT2D eigenvalue weighted by Crippen LogP contribution is 2.06. The average Bonchev–Trinajstić information content (AvgIpc) is 2.81. The summed E-state index contributed by atoms with van der Waals surface area (Å²) in [4.78, 5) is 11.7. The molecule has 7 heteroatoms. The summed E-state index contributed by atoms with van der Waals surface area (Å²) in [6, 6.07) is 0. The Balaban J connectivity index is 2.38. The molecule has 0 saturated heterocycles. The fraction of sp³-hybridized carbons (Fsp3) is 0.615. The highest BCUT2D eigenvalue weighted by Gasteiger charge is 2.17. The lowest BCUT2D eigenvalue weighted by Crippen LogP contribution is -2.10. The van der Waals surface area contributed by atoms with Gasteiger partial charge in [-0.1, -0.05) is 17.9 Å². The van der Waals surface area contributed by atoms with Gasteiger partial charge in [-0.25, -0.2) is 9.48 Å². The maximum Gasteiger partial charge on any atom is 0.361 e. The zero-order valence-corrected chi connectivity index (χ0v) is 12.0. The Kier molecular flexibility index (Phi) is 7.52. The second-order valence-electron chi connectivity index (χ2n) is 4.09. The van der Waals surface area contributed by atoms with Crippen molar-refractivity contribution in [3.05, 3.63) is 24.0 Å². The molecule has 7 nitrogen and oxygen atoms in total. The first-order valence-corrected chi connectivity index (χ1v) is 6.45. The highest BCUT2D eigenvalue weighted by atomic mass is 16.5. The van der Waals surface area contributed by atoms with Gasteiger partial charge in [0.25, 0.3) is 0 Å². The lowest BCUT2D eigenvalue weighted by molar-refractivity contribution is 0.0542. The second-order valence-corrected chi connectivity index (χ2v) is 4.09. The van der Waals surface area contributed by atoms with Crippen LogP contribution in [0.4, 0.5) is 0 Å². The van der Waals surface area contributed by atoms with Crippen molar-refractivity contribution < 1.29 is 19.0 Å². The maximum absolute atomic E-state index is 11.7. The molecule has 0 aliphatic rings. The van der Waals surface area contributed by atoms with Gasteiger partial charge in [0.15, 0.2) is 5.69 Å². The van der Waals surface area contributed by atoms with Gasteiger partial charge in [0.05, 0.1) is 18.9 Å². The molecule has 1 aromatic rings. The molecule has 1 aromatic heterocycles. The third kappa shape index (κ3) is 5.10. The molecule has 112 valence electrons. The number of carbonyl (C=O) groups is 1. The Hall–Kier alpha value is -1.73. The molecular formula is C13H21N3O4. The summed E-state index contributed by atoms with van der Waals surface area (Å²) in [5, 5.41) is 7.78. The second kappa shape index (κ2) is 9.22. The molecule has 1 heterocycles. The van der Waals surface area contributed by atoms with Gasteiger partial charge in [-0.15, -0.1) is 5.10 Å². The summed E-state index contributed by atoms with van der Waals surface area (Å²) in [7, 11) is 1.63. The number of rotatable bonds is 10. The summed E-state index contributed by atoms with van der Waals surface area (Å²) in [6.07, 6.45) is 2.30. The van der Waals surface area contributed by atoms with Crippen LogP contribution in [0.15, 0.2) is 12.7 Å². The van der Waals surface area contributed by atoms with Crippen molar-refractivity contribution >= 4 is 5.97 Å². The summed E-state index contributed by atoms with van der Waals surface area (Å²) < 4.78 is 16.8. The zero-order valence-electron chi connectivity index (χ0n) is 12.0. The van der Waals surface area contributed by atoms with E-state index in [2.05, 4.69) is 16.9 Å². The standard InChI is InChI=1S/C13H21N3O4/c1-4-7-20-13(17)12-11(2)16(15-14-12)6-5-8-19-10-9-18-3/h4H,1,5-10H2,2-3H3. The van der Waals surface area contributed by atoms with Gasteiger partial charge >= 0.3 is 5.97 Å². The summed E-state index contributed by atoms with van der Waals surface area (Å²) in [5.41, 5.74) is 0.933. The van der Waals surface area contributed by atoms with Crippen molar-refractivity contribution in [2.75, 3.05) is 33.5 Å². The van der Waals surface area contributed by atoms with Crippen molar-refractivity contribution in [1.82, 2.24) is 15.0 Å². The van der Waals surface area contributed by atoms with Gasteiger partial charge in [-0.2, -0.15) is 0 Å². The van der Waals surface area contributed by atoms with Crippen LogP contribution in [-0.2, 0) is 20.8 Å². The van der Waals surface area contributed by atoms with Crippen molar-refractivity contribution in [3.8, 4) is 0 Å². The number of hydrogen-bond donors (Lipinski definition) is 0. The van der Waals surface area contributed by atoms with E-state index in [1.165, 1.54) is 6.08 Å². The lowest BCUT2D eigenvalue weighted by Gasteiger charge is -2.05. The topological polar surface area (TPSA) is 75.5 Å². The van der Waals surface area contributed by atoms with E-state index in [1.807, 2.05) is 0 Å². The molecule has 1 rings (SSSR count). The number of carbonyl (C=O) groups excluding carboxylic acids is 1. The average molecular weight is 283 g/mol. The summed E-state index contributed by atoms with van der Waals surface area (Å²) in [5.74, 6) is -0.481. The Morgan fingerprint density at radius 1 is 1.40 bits per heavy atom. The SMILES string of the molecule is C=CCOC(=O)c1nnn(CCCOCCOC)c1C. The highest BCUT2D eigenvalue weighted by molar-refractivity contribution is 5.88. The van der Waals surface area contributed by atoms with Crippen molar-refractivity contribution in [1.29, 1.82) is 0 Å². The van der Waals surface area contributed by atoms with E-state index >= 15 is 0 Å². The molecule has 0 spiro atoms. The summed E-state index contributed by atoms with van der Waals surface area (Å²) in [6.45, 7) is 7.85. The zero-order chi connectivity index (χ0) is 14.8. The molecule has 0 radical (unpaired) electrons. The van der Waals surface area contributed by atoms with Crippen LogP contribution in [0.5, 0.6) is 0 Å². The largest absolute Gasteiger partial charge is 0.457 e. The number of hydrogen-bond acceptors (Lipinski definition) is 6. The van der Waals surface area contributed by atoms with Crippen LogP contribution in [0, 0.1) is 6.92 Å². The van der Waals surface area contributed by atoms with Crippen molar-refractivity contribution in [2.24, 2.45) is 0 Å². The van der Waals surface area contributed by atoms with Crippen molar-refractivity contribution in [2.45, 2.75) is 19.9 Å². The van der Waals surface area contributed by atoms with Crippen LogP contribution >= 0.6 is 0 Å². The quantitative estimate of drug-likeness (QED) is 0.362. The van der Waals surface area contributed by atoms with Crippen LogP contribution in [0.25, 0.3) is 0 Å². The fourth-order valence-electron chi connectivity index (χ4n) is 1.53. The van der Waals surface area contributed by atoms with Gasteiger partial charge < -0.3 is 14.2 Å². The van der Waals surface area contributed by atoms with Gasteiger partial charge in [-0.05, 0) is 13.3 Å². The van der Waals surface area contributed by atoms with Crippen LogP contribution in [0.1, 0.15) is 22.6 Å². The van der Waals surface area contributed by atoms with Crippen LogP contribution in [-0.4, -0.2) is 54.5 Å². The van der Waals surface area contributed by atoms with E-state index in [-0.39, 0.29) is 12.3 Å². The molecule has 0 N–H and O–H groups in total. The molecule has 0 bridgehead atoms. The number of methoxy groups -OCH3 is 1. The Labute approximate surface area is 118 Å². The number of nitrogens with zero attached hydrogens (tertiary/aromatic N) is 3. The van der Waals surface area contributed by atoms with E-state index in [9.17, 15) is 4.79 Å². The monoisotopic (exact) mass is 283 g/mol. The Morgan fingerprint density at radius 2 is 2.20 bits per heavy atom. The van der Waals surface area contributed by atoms with E-state index in [0.717, 1.165) is 6.42 Å². The van der Waals surface area contributed by atoms with E-state index < -0.39 is 5.97 Å². The summed E-state index contributed by atoms with van der Waals surface area (Å²) >= 11 is 0. The first-order chi connectivity index (χ1) is 9.70. The molecule has 0 fully saturated rings. The minimum absolute atomic E-state index is 0.165. The predicted octanol–water partition coefficient (Wildman–Crippen LogP) is 0.982. The van der Waals surface area contributed by atoms with Crippen LogP contribution < -0.4 is 0 Å². The van der Waals surface area contributed by atoms with E-state index in [0.29, 0.717) is 32.1 Å². The number of ether oxygens (including phenoxy) is 3. The van der Waals surface area contributed by atoms with Crippen LogP contribution in [0.3, 0.4) is 0 Å². The number of aryl methyl sites for hydroxylation is 1. The molecule has 0 atom stereocenters. The molecule has 0 amide bonds. The normalized spacial score (nSPS) is 10.5.